The number of piperazine rings is 1. The van der Waals surface area contributed by atoms with Crippen molar-refractivity contribution in [3.05, 3.63) is 33.8 Å². The van der Waals surface area contributed by atoms with E-state index in [0.29, 0.717) is 19.6 Å². The number of nitrogens with zero attached hydrogens (tertiary/aromatic N) is 2. The summed E-state index contributed by atoms with van der Waals surface area (Å²) in [7, 11) is 0. The first-order chi connectivity index (χ1) is 12.0. The predicted molar refractivity (Wildman–Crippen MR) is 97.4 cm³/mol. The van der Waals surface area contributed by atoms with Crippen LogP contribution < -0.4 is 0 Å². The standard InChI is InChI=1S/C18H23BrF2N2O3/c1-11-10-22(17(25)26-18(2,3)4)7-8-23(11)16(24)12-5-6-14(19)13(9-12)15(20)21/h5-6,9,11,15H,7-8,10H2,1-4H3/t11-/m0/s1. The van der Waals surface area contributed by atoms with Gasteiger partial charge in [-0.15, -0.1) is 0 Å². The molecule has 144 valence electrons. The molecule has 0 bridgehead atoms. The minimum absolute atomic E-state index is 0.209. The second-order valence-corrected chi connectivity index (χ2v) is 8.17. The Morgan fingerprint density at radius 2 is 1.92 bits per heavy atom. The van der Waals surface area contributed by atoms with Gasteiger partial charge in [-0.05, 0) is 45.9 Å². The summed E-state index contributed by atoms with van der Waals surface area (Å²) in [6.07, 6.45) is -3.08. The topological polar surface area (TPSA) is 49.9 Å². The number of amides is 2. The molecule has 0 saturated carbocycles. The Hall–Kier alpha value is -1.70. The molecule has 0 aliphatic carbocycles. The molecule has 1 atom stereocenters. The van der Waals surface area contributed by atoms with Crippen molar-refractivity contribution in [3.63, 3.8) is 0 Å². The highest BCUT2D eigenvalue weighted by atomic mass is 79.9. The molecule has 2 amide bonds. The average molecular weight is 433 g/mol. The summed E-state index contributed by atoms with van der Waals surface area (Å²) in [5, 5.41) is 0. The summed E-state index contributed by atoms with van der Waals surface area (Å²) in [5.74, 6) is -0.323. The molecule has 0 spiro atoms. The molecule has 1 aromatic rings. The van der Waals surface area contributed by atoms with Crippen LogP contribution in [0.25, 0.3) is 0 Å². The van der Waals surface area contributed by atoms with Crippen molar-refractivity contribution >= 4 is 27.9 Å². The highest BCUT2D eigenvalue weighted by Crippen LogP contribution is 2.29. The van der Waals surface area contributed by atoms with Gasteiger partial charge in [0.15, 0.2) is 0 Å². The number of rotatable bonds is 2. The van der Waals surface area contributed by atoms with Crippen molar-refractivity contribution in [1.29, 1.82) is 0 Å². The largest absolute Gasteiger partial charge is 0.444 e. The Balaban J connectivity index is 2.09. The van der Waals surface area contributed by atoms with E-state index in [2.05, 4.69) is 15.9 Å². The molecule has 1 aliphatic heterocycles. The highest BCUT2D eigenvalue weighted by Gasteiger charge is 2.32. The van der Waals surface area contributed by atoms with E-state index in [1.165, 1.54) is 18.2 Å². The molecule has 8 heteroatoms. The molecule has 1 heterocycles. The fourth-order valence-corrected chi connectivity index (χ4v) is 3.18. The van der Waals surface area contributed by atoms with E-state index in [1.54, 1.807) is 30.6 Å². The van der Waals surface area contributed by atoms with Crippen LogP contribution in [0.5, 0.6) is 0 Å². The summed E-state index contributed by atoms with van der Waals surface area (Å²) in [5.41, 5.74) is -0.590. The number of hydrogen-bond donors (Lipinski definition) is 0. The second kappa shape index (κ2) is 7.90. The average Bonchev–Trinajstić information content (AvgIpc) is 2.52. The first kappa shape index (κ1) is 20.6. The van der Waals surface area contributed by atoms with Crippen LogP contribution in [0.3, 0.4) is 0 Å². The lowest BCUT2D eigenvalue weighted by atomic mass is 10.1. The van der Waals surface area contributed by atoms with Gasteiger partial charge in [-0.1, -0.05) is 15.9 Å². The van der Waals surface area contributed by atoms with Gasteiger partial charge < -0.3 is 14.5 Å². The van der Waals surface area contributed by atoms with E-state index in [1.807, 2.05) is 6.92 Å². The fraction of sp³-hybridized carbons (Fsp3) is 0.556. The molecule has 5 nitrogen and oxygen atoms in total. The first-order valence-corrected chi connectivity index (χ1v) is 9.15. The van der Waals surface area contributed by atoms with Crippen molar-refractivity contribution in [2.24, 2.45) is 0 Å². The number of carbonyl (C=O) groups excluding carboxylic acids is 2. The molecule has 1 aliphatic rings. The van der Waals surface area contributed by atoms with Crippen LogP contribution in [0, 0.1) is 0 Å². The zero-order valence-corrected chi connectivity index (χ0v) is 16.8. The van der Waals surface area contributed by atoms with Gasteiger partial charge in [0, 0.05) is 41.3 Å². The Kier molecular flexibility index (Phi) is 6.26. The monoisotopic (exact) mass is 432 g/mol. The molecule has 0 unspecified atom stereocenters. The zero-order valence-electron chi connectivity index (χ0n) is 15.3. The summed E-state index contributed by atoms with van der Waals surface area (Å²) in [4.78, 5) is 28.1. The quantitative estimate of drug-likeness (QED) is 0.692. The molecule has 0 radical (unpaired) electrons. The molecule has 1 saturated heterocycles. The number of hydrogen-bond acceptors (Lipinski definition) is 3. The maximum Gasteiger partial charge on any atom is 0.410 e. The van der Waals surface area contributed by atoms with Crippen molar-refractivity contribution in [1.82, 2.24) is 9.80 Å². The van der Waals surface area contributed by atoms with Gasteiger partial charge in [0.05, 0.1) is 0 Å². The molecule has 1 fully saturated rings. The number of ether oxygens (including phenoxy) is 1. The summed E-state index contributed by atoms with van der Waals surface area (Å²) in [6.45, 7) is 8.19. The van der Waals surface area contributed by atoms with Gasteiger partial charge in [0.1, 0.15) is 5.60 Å². The van der Waals surface area contributed by atoms with Gasteiger partial charge >= 0.3 is 6.09 Å². The van der Waals surface area contributed by atoms with Crippen molar-refractivity contribution in [2.75, 3.05) is 19.6 Å². The molecule has 1 aromatic carbocycles. The van der Waals surface area contributed by atoms with Crippen LogP contribution in [-0.4, -0.2) is 53.1 Å². The van der Waals surface area contributed by atoms with Gasteiger partial charge in [0.2, 0.25) is 0 Å². The molecular weight excluding hydrogens is 410 g/mol. The summed E-state index contributed by atoms with van der Waals surface area (Å²) < 4.78 is 31.7. The fourth-order valence-electron chi connectivity index (χ4n) is 2.76. The van der Waals surface area contributed by atoms with Crippen molar-refractivity contribution in [3.8, 4) is 0 Å². The SMILES string of the molecule is C[C@H]1CN(C(=O)OC(C)(C)C)CCN1C(=O)c1ccc(Br)c(C(F)F)c1. The Bertz CT molecular complexity index is 692. The Labute approximate surface area is 160 Å². The third kappa shape index (κ3) is 4.93. The van der Waals surface area contributed by atoms with Gasteiger partial charge in [0.25, 0.3) is 12.3 Å². The Morgan fingerprint density at radius 3 is 2.46 bits per heavy atom. The number of halogens is 3. The van der Waals surface area contributed by atoms with Crippen LogP contribution >= 0.6 is 15.9 Å². The predicted octanol–water partition coefficient (Wildman–Crippen LogP) is 4.47. The molecule has 26 heavy (non-hydrogen) atoms. The van der Waals surface area contributed by atoms with E-state index in [4.69, 9.17) is 4.74 Å². The van der Waals surface area contributed by atoms with E-state index in [0.717, 1.165) is 0 Å². The summed E-state index contributed by atoms with van der Waals surface area (Å²) in [6, 6.07) is 3.94. The summed E-state index contributed by atoms with van der Waals surface area (Å²) >= 11 is 3.07. The van der Waals surface area contributed by atoms with E-state index >= 15 is 0 Å². The smallest absolute Gasteiger partial charge is 0.410 e. The first-order valence-electron chi connectivity index (χ1n) is 8.36. The van der Waals surface area contributed by atoms with Crippen LogP contribution in [0.4, 0.5) is 13.6 Å². The lowest BCUT2D eigenvalue weighted by Crippen LogP contribution is -2.56. The van der Waals surface area contributed by atoms with Crippen LogP contribution in [0.1, 0.15) is 50.0 Å². The van der Waals surface area contributed by atoms with Crippen LogP contribution in [0.15, 0.2) is 22.7 Å². The molecular formula is C18H23BrF2N2O3. The highest BCUT2D eigenvalue weighted by molar-refractivity contribution is 9.10. The lowest BCUT2D eigenvalue weighted by Gasteiger charge is -2.40. The maximum atomic E-state index is 13.1. The maximum absolute atomic E-state index is 13.1. The number of alkyl halides is 2. The van der Waals surface area contributed by atoms with E-state index in [-0.39, 0.29) is 27.5 Å². The minimum atomic E-state index is -2.67. The van der Waals surface area contributed by atoms with Crippen LogP contribution in [-0.2, 0) is 4.74 Å². The minimum Gasteiger partial charge on any atom is -0.444 e. The lowest BCUT2D eigenvalue weighted by molar-refractivity contribution is 0.00615. The Morgan fingerprint density at radius 1 is 1.27 bits per heavy atom. The van der Waals surface area contributed by atoms with E-state index in [9.17, 15) is 18.4 Å². The third-order valence-corrected chi connectivity index (χ3v) is 4.74. The zero-order chi connectivity index (χ0) is 19.6. The van der Waals surface area contributed by atoms with Gasteiger partial charge in [-0.2, -0.15) is 0 Å². The number of benzene rings is 1. The third-order valence-electron chi connectivity index (χ3n) is 4.02. The van der Waals surface area contributed by atoms with Crippen LogP contribution in [0.2, 0.25) is 0 Å². The molecule has 2 rings (SSSR count). The normalized spacial score (nSPS) is 18.2. The molecule has 0 aromatic heterocycles. The number of carbonyl (C=O) groups is 2. The van der Waals surface area contributed by atoms with Crippen molar-refractivity contribution in [2.45, 2.75) is 45.8 Å². The van der Waals surface area contributed by atoms with E-state index < -0.39 is 18.1 Å². The van der Waals surface area contributed by atoms with Gasteiger partial charge in [-0.3, -0.25) is 4.79 Å². The molecule has 0 N–H and O–H groups in total. The van der Waals surface area contributed by atoms with Crippen molar-refractivity contribution < 1.29 is 23.1 Å². The van der Waals surface area contributed by atoms with Gasteiger partial charge in [-0.25, -0.2) is 13.6 Å². The second-order valence-electron chi connectivity index (χ2n) is 7.31.